The number of nitrogens with one attached hydrogen (secondary N) is 1. The van der Waals surface area contributed by atoms with Gasteiger partial charge in [0, 0.05) is 18.7 Å². The van der Waals surface area contributed by atoms with Crippen LogP contribution in [0.15, 0.2) is 53.8 Å². The second-order valence-corrected chi connectivity index (χ2v) is 7.42. The van der Waals surface area contributed by atoms with Gasteiger partial charge in [0.15, 0.2) is 0 Å². The highest BCUT2D eigenvalue weighted by molar-refractivity contribution is 5.97. The van der Waals surface area contributed by atoms with Crippen molar-refractivity contribution in [2.24, 2.45) is 4.99 Å². The zero-order valence-corrected chi connectivity index (χ0v) is 17.3. The Bertz CT molecular complexity index is 1200. The molecule has 0 spiro atoms. The topological polar surface area (TPSA) is 76.5 Å². The Balaban J connectivity index is 1.45. The molecule has 1 aromatic carbocycles. The molecule has 1 aliphatic heterocycles. The number of ether oxygens (including phenoxy) is 1. The fraction of sp³-hybridized carbons (Fsp3) is 0.217. The van der Waals surface area contributed by atoms with Gasteiger partial charge in [-0.1, -0.05) is 24.3 Å². The number of benzene rings is 1. The molecular formula is C23H19F3N4O2. The third-order valence-electron chi connectivity index (χ3n) is 5.01. The number of alkyl halides is 2. The molecule has 0 saturated carbocycles. The van der Waals surface area contributed by atoms with E-state index in [-0.39, 0.29) is 30.4 Å². The first-order valence-corrected chi connectivity index (χ1v) is 9.75. The van der Waals surface area contributed by atoms with E-state index in [1.165, 1.54) is 13.3 Å². The molecule has 0 fully saturated rings. The van der Waals surface area contributed by atoms with Crippen LogP contribution in [0, 0.1) is 0 Å². The molecule has 0 bridgehead atoms. The number of amides is 1. The summed E-state index contributed by atoms with van der Waals surface area (Å²) in [6, 6.07) is 10.0. The van der Waals surface area contributed by atoms with Crippen molar-refractivity contribution in [2.75, 3.05) is 12.4 Å². The predicted octanol–water partition coefficient (Wildman–Crippen LogP) is 4.67. The van der Waals surface area contributed by atoms with Gasteiger partial charge in [0.25, 0.3) is 5.92 Å². The first-order valence-electron chi connectivity index (χ1n) is 9.75. The molecule has 2 aromatic heterocycles. The predicted molar refractivity (Wildman–Crippen MR) is 114 cm³/mol. The number of methoxy groups -OCH3 is 1. The highest BCUT2D eigenvalue weighted by atomic mass is 19.3. The van der Waals surface area contributed by atoms with Crippen LogP contribution in [0.4, 0.5) is 18.9 Å². The fourth-order valence-corrected chi connectivity index (χ4v) is 3.39. The van der Waals surface area contributed by atoms with Gasteiger partial charge in [-0.15, -0.1) is 0 Å². The average Bonchev–Trinajstić information content (AvgIpc) is 3.14. The molecule has 4 rings (SSSR count). The number of anilines is 1. The van der Waals surface area contributed by atoms with Crippen LogP contribution in [-0.2, 0) is 23.7 Å². The van der Waals surface area contributed by atoms with Crippen molar-refractivity contribution in [3.63, 3.8) is 0 Å². The van der Waals surface area contributed by atoms with E-state index in [1.807, 2.05) is 0 Å². The van der Waals surface area contributed by atoms with E-state index >= 15 is 0 Å². The quantitative estimate of drug-likeness (QED) is 0.604. The van der Waals surface area contributed by atoms with E-state index in [1.54, 1.807) is 36.5 Å². The van der Waals surface area contributed by atoms with Crippen LogP contribution in [0.1, 0.15) is 29.3 Å². The number of carbonyl (C=O) groups excluding carboxylic acids is 1. The van der Waals surface area contributed by atoms with E-state index in [4.69, 9.17) is 4.74 Å². The maximum absolute atomic E-state index is 13.8. The van der Waals surface area contributed by atoms with Gasteiger partial charge in [0.2, 0.25) is 17.8 Å². The van der Waals surface area contributed by atoms with Crippen LogP contribution in [0.5, 0.6) is 5.88 Å². The van der Waals surface area contributed by atoms with Crippen LogP contribution < -0.4 is 10.1 Å². The molecule has 3 heterocycles. The molecule has 1 amide bonds. The van der Waals surface area contributed by atoms with Gasteiger partial charge >= 0.3 is 0 Å². The zero-order valence-electron chi connectivity index (χ0n) is 17.3. The molecule has 32 heavy (non-hydrogen) atoms. The average molecular weight is 440 g/mol. The summed E-state index contributed by atoms with van der Waals surface area (Å²) in [5, 5.41) is 2.58. The minimum absolute atomic E-state index is 0.0356. The molecule has 9 heteroatoms. The van der Waals surface area contributed by atoms with Gasteiger partial charge in [-0.2, -0.15) is 4.39 Å². The van der Waals surface area contributed by atoms with Crippen molar-refractivity contribution in [1.82, 2.24) is 9.97 Å². The van der Waals surface area contributed by atoms with E-state index in [0.29, 0.717) is 11.3 Å². The Kier molecular flexibility index (Phi) is 5.65. The van der Waals surface area contributed by atoms with E-state index in [2.05, 4.69) is 20.3 Å². The molecule has 164 valence electrons. The summed E-state index contributed by atoms with van der Waals surface area (Å²) in [4.78, 5) is 24.2. The summed E-state index contributed by atoms with van der Waals surface area (Å²) >= 11 is 0. The summed E-state index contributed by atoms with van der Waals surface area (Å²) in [5.74, 6) is -4.26. The number of hydrogen-bond acceptors (Lipinski definition) is 5. The Labute approximate surface area is 182 Å². The molecule has 0 saturated heterocycles. The molecule has 0 unspecified atom stereocenters. The van der Waals surface area contributed by atoms with Gasteiger partial charge in [-0.3, -0.25) is 14.8 Å². The third-order valence-corrected chi connectivity index (χ3v) is 5.01. The number of nitrogens with zero attached hydrogens (tertiary/aromatic N) is 3. The lowest BCUT2D eigenvalue weighted by atomic mass is 10.0. The lowest BCUT2D eigenvalue weighted by molar-refractivity contribution is -0.115. The lowest BCUT2D eigenvalue weighted by Gasteiger charge is -2.15. The van der Waals surface area contributed by atoms with Crippen molar-refractivity contribution < 1.29 is 22.7 Å². The van der Waals surface area contributed by atoms with Crippen molar-refractivity contribution in [3.05, 3.63) is 71.2 Å². The number of pyridine rings is 2. The van der Waals surface area contributed by atoms with E-state index in [0.717, 1.165) is 29.7 Å². The Morgan fingerprint density at radius 3 is 2.56 bits per heavy atom. The highest BCUT2D eigenvalue weighted by Gasteiger charge is 2.30. The molecule has 0 aliphatic carbocycles. The maximum atomic E-state index is 13.8. The number of fused-ring (bicyclic) bond motifs is 1. The fourth-order valence-electron chi connectivity index (χ4n) is 3.39. The second-order valence-electron chi connectivity index (χ2n) is 7.42. The molecule has 1 N–H and O–H groups in total. The van der Waals surface area contributed by atoms with Gasteiger partial charge in [0.05, 0.1) is 48.8 Å². The number of aliphatic imine (C=N–C) groups is 1. The van der Waals surface area contributed by atoms with Gasteiger partial charge < -0.3 is 10.1 Å². The molecule has 1 aliphatic rings. The number of aromatic nitrogens is 2. The summed E-state index contributed by atoms with van der Waals surface area (Å²) in [7, 11) is 1.25. The first-order chi connectivity index (χ1) is 15.2. The maximum Gasteiger partial charge on any atom is 0.275 e. The van der Waals surface area contributed by atoms with Crippen LogP contribution in [0.2, 0.25) is 0 Å². The Hall–Kier alpha value is -3.75. The van der Waals surface area contributed by atoms with Crippen LogP contribution >= 0.6 is 0 Å². The monoisotopic (exact) mass is 440 g/mol. The van der Waals surface area contributed by atoms with Crippen LogP contribution in [0.3, 0.4) is 0 Å². The molecule has 0 atom stereocenters. The SMILES string of the molecule is COc1ncc(NC(=O)Cc2ccc(-c3cnc4c(c3)C(F)=NC4)cc2)cc1C(C)(F)F. The molecular weight excluding hydrogens is 421 g/mol. The summed E-state index contributed by atoms with van der Waals surface area (Å²) in [6.07, 6.45) is 2.96. The second kappa shape index (κ2) is 8.41. The Morgan fingerprint density at radius 2 is 1.88 bits per heavy atom. The smallest absolute Gasteiger partial charge is 0.275 e. The third kappa shape index (κ3) is 4.46. The first kappa shape index (κ1) is 21.5. The summed E-state index contributed by atoms with van der Waals surface area (Å²) < 4.78 is 46.2. The van der Waals surface area contributed by atoms with Gasteiger partial charge in [-0.25, -0.2) is 13.8 Å². The van der Waals surface area contributed by atoms with Crippen molar-refractivity contribution in [3.8, 4) is 17.0 Å². The number of carbonyl (C=O) groups is 1. The standard InChI is InChI=1S/C23H19F3N4O2/c1-23(25,26)18-9-16(11-29-22(18)32-2)30-20(31)7-13-3-5-14(6-4-13)15-8-17-19(27-10-15)12-28-21(17)24/h3-6,8-11H,7,12H2,1-2H3,(H,30,31). The van der Waals surface area contributed by atoms with Crippen molar-refractivity contribution in [2.45, 2.75) is 25.8 Å². The minimum Gasteiger partial charge on any atom is -0.481 e. The minimum atomic E-state index is -3.17. The van der Waals surface area contributed by atoms with Crippen LogP contribution in [-0.4, -0.2) is 29.0 Å². The normalized spacial score (nSPS) is 12.8. The summed E-state index contributed by atoms with van der Waals surface area (Å²) in [5.41, 5.74) is 3.02. The van der Waals surface area contributed by atoms with Crippen LogP contribution in [0.25, 0.3) is 11.1 Å². The van der Waals surface area contributed by atoms with E-state index in [9.17, 15) is 18.0 Å². The summed E-state index contributed by atoms with van der Waals surface area (Å²) in [6.45, 7) is 0.980. The molecule has 3 aromatic rings. The zero-order chi connectivity index (χ0) is 22.9. The number of halogens is 3. The van der Waals surface area contributed by atoms with Gasteiger partial charge in [-0.05, 0) is 23.3 Å². The number of hydrogen-bond donors (Lipinski definition) is 1. The number of rotatable bonds is 6. The molecule has 0 radical (unpaired) electrons. The highest BCUT2D eigenvalue weighted by Crippen LogP contribution is 2.34. The van der Waals surface area contributed by atoms with Crippen molar-refractivity contribution >= 4 is 17.6 Å². The molecule has 6 nitrogen and oxygen atoms in total. The van der Waals surface area contributed by atoms with Gasteiger partial charge in [0.1, 0.15) is 0 Å². The van der Waals surface area contributed by atoms with Crippen molar-refractivity contribution in [1.29, 1.82) is 0 Å². The van der Waals surface area contributed by atoms with E-state index < -0.39 is 17.5 Å². The Morgan fingerprint density at radius 1 is 1.12 bits per heavy atom. The largest absolute Gasteiger partial charge is 0.481 e. The lowest BCUT2D eigenvalue weighted by Crippen LogP contribution is -2.16.